The molecule has 0 radical (unpaired) electrons. The number of carbonyl (C=O) groups is 1. The summed E-state index contributed by atoms with van der Waals surface area (Å²) in [6.07, 6.45) is 1.69. The highest BCUT2D eigenvalue weighted by Crippen LogP contribution is 2.45. The molecule has 1 aromatic heterocycles. The topological polar surface area (TPSA) is 33.2 Å². The van der Waals surface area contributed by atoms with E-state index >= 15 is 0 Å². The summed E-state index contributed by atoms with van der Waals surface area (Å²) in [6.45, 7) is 0. The van der Waals surface area contributed by atoms with Crippen LogP contribution in [0.1, 0.15) is 10.9 Å². The van der Waals surface area contributed by atoms with Gasteiger partial charge in [-0.15, -0.1) is 23.1 Å². The first-order chi connectivity index (χ1) is 9.18. The van der Waals surface area contributed by atoms with Crippen molar-refractivity contribution in [2.45, 2.75) is 5.37 Å². The molecule has 0 bridgehead atoms. The number of benzene rings is 1. The van der Waals surface area contributed by atoms with Crippen LogP contribution in [0.25, 0.3) is 0 Å². The molecule has 0 aliphatic carbocycles. The highest BCUT2D eigenvalue weighted by atomic mass is 35.5. The Labute approximate surface area is 128 Å². The second kappa shape index (κ2) is 5.32. The standard InChI is InChI=1S/C12H8Cl2N2OS2/c13-8-3-1-2-7(10(8)14)11-16(9(17)6-19-11)12-15-4-5-18-12/h1-5,11H,6H2. The molecule has 19 heavy (non-hydrogen) atoms. The lowest BCUT2D eigenvalue weighted by atomic mass is 10.2. The van der Waals surface area contributed by atoms with Gasteiger partial charge in [-0.3, -0.25) is 9.69 Å². The van der Waals surface area contributed by atoms with E-state index in [-0.39, 0.29) is 11.3 Å². The third-order valence-electron chi connectivity index (χ3n) is 2.74. The zero-order valence-electron chi connectivity index (χ0n) is 9.55. The Morgan fingerprint density at radius 2 is 2.21 bits per heavy atom. The van der Waals surface area contributed by atoms with E-state index < -0.39 is 0 Å². The molecular weight excluding hydrogens is 323 g/mol. The highest BCUT2D eigenvalue weighted by Gasteiger charge is 2.36. The minimum Gasteiger partial charge on any atom is -0.273 e. The summed E-state index contributed by atoms with van der Waals surface area (Å²) in [4.78, 5) is 17.9. The predicted octanol–water partition coefficient (Wildman–Crippen LogP) is 4.23. The SMILES string of the molecule is O=C1CSC(c2cccc(Cl)c2Cl)N1c1nccs1. The van der Waals surface area contributed by atoms with Crippen LogP contribution in [0.2, 0.25) is 10.0 Å². The molecule has 0 saturated carbocycles. The summed E-state index contributed by atoms with van der Waals surface area (Å²) in [5, 5.41) is 3.37. The lowest BCUT2D eigenvalue weighted by Gasteiger charge is -2.22. The van der Waals surface area contributed by atoms with Gasteiger partial charge in [-0.25, -0.2) is 4.98 Å². The van der Waals surface area contributed by atoms with Gasteiger partial charge in [0.05, 0.1) is 15.8 Å². The molecule has 1 fully saturated rings. The number of anilines is 1. The second-order valence-electron chi connectivity index (χ2n) is 3.88. The molecule has 1 aliphatic heterocycles. The third-order valence-corrected chi connectivity index (χ3v) is 5.54. The van der Waals surface area contributed by atoms with Crippen molar-refractivity contribution in [3.63, 3.8) is 0 Å². The number of halogens is 2. The van der Waals surface area contributed by atoms with E-state index in [2.05, 4.69) is 4.98 Å². The molecule has 7 heteroatoms. The zero-order valence-corrected chi connectivity index (χ0v) is 12.7. The molecule has 1 saturated heterocycles. The normalized spacial score (nSPS) is 19.2. The maximum absolute atomic E-state index is 12.0. The van der Waals surface area contributed by atoms with Crippen molar-refractivity contribution in [1.82, 2.24) is 4.98 Å². The van der Waals surface area contributed by atoms with Gasteiger partial charge in [-0.05, 0) is 6.07 Å². The summed E-state index contributed by atoms with van der Waals surface area (Å²) in [5.41, 5.74) is 0.847. The van der Waals surface area contributed by atoms with E-state index in [0.717, 1.165) is 5.56 Å². The number of hydrogen-bond donors (Lipinski definition) is 0. The first kappa shape index (κ1) is 13.2. The number of carbonyl (C=O) groups excluding carboxylic acids is 1. The summed E-state index contributed by atoms with van der Waals surface area (Å²) < 4.78 is 0. The molecule has 2 aromatic rings. The van der Waals surface area contributed by atoms with Crippen LogP contribution in [0, 0.1) is 0 Å². The van der Waals surface area contributed by atoms with Crippen LogP contribution in [0.15, 0.2) is 29.8 Å². The third kappa shape index (κ3) is 2.36. The average molecular weight is 331 g/mol. The van der Waals surface area contributed by atoms with Crippen LogP contribution in [-0.2, 0) is 4.79 Å². The van der Waals surface area contributed by atoms with E-state index in [4.69, 9.17) is 23.2 Å². The van der Waals surface area contributed by atoms with Crippen molar-refractivity contribution < 1.29 is 4.79 Å². The van der Waals surface area contributed by atoms with Gasteiger partial charge in [0.2, 0.25) is 5.91 Å². The van der Waals surface area contributed by atoms with Crippen LogP contribution < -0.4 is 4.90 Å². The van der Waals surface area contributed by atoms with Gasteiger partial charge in [0, 0.05) is 17.1 Å². The molecule has 1 atom stereocenters. The number of rotatable bonds is 2. The van der Waals surface area contributed by atoms with Crippen molar-refractivity contribution >= 4 is 57.3 Å². The molecule has 2 heterocycles. The lowest BCUT2D eigenvalue weighted by Crippen LogP contribution is -2.27. The number of nitrogens with zero attached hydrogens (tertiary/aromatic N) is 2. The van der Waals surface area contributed by atoms with E-state index in [1.165, 1.54) is 23.1 Å². The summed E-state index contributed by atoms with van der Waals surface area (Å²) >= 11 is 15.3. The van der Waals surface area contributed by atoms with Crippen molar-refractivity contribution in [1.29, 1.82) is 0 Å². The molecule has 1 aliphatic rings. The van der Waals surface area contributed by atoms with Crippen molar-refractivity contribution in [2.75, 3.05) is 10.7 Å². The van der Waals surface area contributed by atoms with E-state index in [1.807, 2.05) is 17.5 Å². The molecule has 1 aromatic carbocycles. The fourth-order valence-corrected chi connectivity index (χ4v) is 4.32. The summed E-state index contributed by atoms with van der Waals surface area (Å²) in [5.74, 6) is 0.466. The molecule has 0 spiro atoms. The summed E-state index contributed by atoms with van der Waals surface area (Å²) in [6, 6.07) is 5.47. The van der Waals surface area contributed by atoms with Gasteiger partial charge >= 0.3 is 0 Å². The smallest absolute Gasteiger partial charge is 0.240 e. The van der Waals surface area contributed by atoms with Crippen LogP contribution >= 0.6 is 46.3 Å². The number of hydrogen-bond acceptors (Lipinski definition) is 4. The molecule has 3 rings (SSSR count). The van der Waals surface area contributed by atoms with E-state index in [9.17, 15) is 4.79 Å². The van der Waals surface area contributed by atoms with Gasteiger partial charge < -0.3 is 0 Å². The Morgan fingerprint density at radius 1 is 1.37 bits per heavy atom. The van der Waals surface area contributed by atoms with Crippen LogP contribution in [0.3, 0.4) is 0 Å². The highest BCUT2D eigenvalue weighted by molar-refractivity contribution is 8.00. The quantitative estimate of drug-likeness (QED) is 0.826. The Kier molecular flexibility index (Phi) is 3.71. The van der Waals surface area contributed by atoms with Gasteiger partial charge in [0.1, 0.15) is 5.37 Å². The Balaban J connectivity index is 2.04. The number of amides is 1. The van der Waals surface area contributed by atoms with E-state index in [0.29, 0.717) is 20.9 Å². The zero-order chi connectivity index (χ0) is 13.4. The van der Waals surface area contributed by atoms with Gasteiger partial charge in [0.15, 0.2) is 5.13 Å². The largest absolute Gasteiger partial charge is 0.273 e. The molecule has 0 N–H and O–H groups in total. The van der Waals surface area contributed by atoms with Gasteiger partial charge in [0.25, 0.3) is 0 Å². The number of thiazole rings is 1. The fraction of sp³-hybridized carbons (Fsp3) is 0.167. The van der Waals surface area contributed by atoms with Crippen molar-refractivity contribution in [3.8, 4) is 0 Å². The average Bonchev–Trinajstić information content (AvgIpc) is 3.02. The molecule has 98 valence electrons. The Bertz CT molecular complexity index is 618. The van der Waals surface area contributed by atoms with E-state index in [1.54, 1.807) is 17.2 Å². The number of aromatic nitrogens is 1. The maximum atomic E-state index is 12.0. The van der Waals surface area contributed by atoms with Crippen LogP contribution in [-0.4, -0.2) is 16.6 Å². The summed E-state index contributed by atoms with van der Waals surface area (Å²) in [7, 11) is 0. The van der Waals surface area contributed by atoms with Crippen LogP contribution in [0.4, 0.5) is 5.13 Å². The molecule has 1 amide bonds. The first-order valence-electron chi connectivity index (χ1n) is 5.45. The first-order valence-corrected chi connectivity index (χ1v) is 8.14. The van der Waals surface area contributed by atoms with Crippen LogP contribution in [0.5, 0.6) is 0 Å². The Hall–Kier alpha value is -0.750. The van der Waals surface area contributed by atoms with Crippen molar-refractivity contribution in [3.05, 3.63) is 45.4 Å². The van der Waals surface area contributed by atoms with Crippen molar-refractivity contribution in [2.24, 2.45) is 0 Å². The fourth-order valence-electron chi connectivity index (χ4n) is 1.91. The Morgan fingerprint density at radius 3 is 2.95 bits per heavy atom. The lowest BCUT2D eigenvalue weighted by molar-refractivity contribution is -0.115. The molecular formula is C12H8Cl2N2OS2. The second-order valence-corrected chi connectivity index (χ2v) is 6.61. The molecule has 1 unspecified atom stereocenters. The monoisotopic (exact) mass is 330 g/mol. The maximum Gasteiger partial charge on any atom is 0.240 e. The van der Waals surface area contributed by atoms with Gasteiger partial charge in [-0.2, -0.15) is 0 Å². The van der Waals surface area contributed by atoms with Gasteiger partial charge in [-0.1, -0.05) is 35.3 Å². The minimum absolute atomic E-state index is 0.0426. The minimum atomic E-state index is -0.162. The molecule has 3 nitrogen and oxygen atoms in total. The number of thioether (sulfide) groups is 1. The predicted molar refractivity (Wildman–Crippen MR) is 81.3 cm³/mol.